The molecule has 0 aliphatic carbocycles. The lowest BCUT2D eigenvalue weighted by atomic mass is 10.2. The lowest BCUT2D eigenvalue weighted by Gasteiger charge is -2.19. The van der Waals surface area contributed by atoms with Crippen LogP contribution in [0.3, 0.4) is 0 Å². The lowest BCUT2D eigenvalue weighted by Crippen LogP contribution is -2.18. The van der Waals surface area contributed by atoms with E-state index in [4.69, 9.17) is 5.10 Å². The van der Waals surface area contributed by atoms with Crippen molar-refractivity contribution in [2.45, 2.75) is 12.3 Å². The predicted molar refractivity (Wildman–Crippen MR) is 93.4 cm³/mol. The summed E-state index contributed by atoms with van der Waals surface area (Å²) in [6, 6.07) is 20.5. The van der Waals surface area contributed by atoms with E-state index in [0.29, 0.717) is 5.95 Å². The van der Waals surface area contributed by atoms with Gasteiger partial charge >= 0.3 is 0 Å². The number of aryl methyl sites for hydroxylation is 1. The lowest BCUT2D eigenvalue weighted by molar-refractivity contribution is 0.811. The minimum absolute atomic E-state index is 0.0293. The molecule has 23 heavy (non-hydrogen) atoms. The Balaban J connectivity index is 1.75. The molecular weight excluding hydrogens is 306 g/mol. The third kappa shape index (κ3) is 2.73. The molecule has 6 heteroatoms. The summed E-state index contributed by atoms with van der Waals surface area (Å²) in [6.07, 6.45) is 0. The third-order valence-corrected chi connectivity index (χ3v) is 4.78. The summed E-state index contributed by atoms with van der Waals surface area (Å²) >= 11 is 1.71. The predicted octanol–water partition coefficient (Wildman–Crippen LogP) is 3.73. The Morgan fingerprint density at radius 2 is 1.70 bits per heavy atom. The number of hydrogen-bond donors (Lipinski definition) is 1. The number of thioether (sulfide) groups is 1. The van der Waals surface area contributed by atoms with Crippen LogP contribution in [0.25, 0.3) is 0 Å². The highest BCUT2D eigenvalue weighted by atomic mass is 32.2. The monoisotopic (exact) mass is 321 g/mol. The first kappa shape index (κ1) is 14.0. The van der Waals surface area contributed by atoms with Crippen LogP contribution in [0.2, 0.25) is 0 Å². The first-order valence-corrected chi connectivity index (χ1v) is 8.23. The number of anilines is 1. The minimum atomic E-state index is 0.0293. The van der Waals surface area contributed by atoms with Gasteiger partial charge in [0.2, 0.25) is 0 Å². The van der Waals surface area contributed by atoms with Crippen molar-refractivity contribution >= 4 is 22.8 Å². The van der Waals surface area contributed by atoms with Gasteiger partial charge in [0.25, 0.3) is 5.95 Å². The SMILES string of the molecule is Cc1nc(N2N=C(c3ccccc3)SC2c2ccccc2)n[nH]1. The van der Waals surface area contributed by atoms with Crippen molar-refractivity contribution in [3.8, 4) is 0 Å². The summed E-state index contributed by atoms with van der Waals surface area (Å²) in [5, 5.41) is 14.8. The van der Waals surface area contributed by atoms with Gasteiger partial charge in [-0.2, -0.15) is 10.1 Å². The van der Waals surface area contributed by atoms with E-state index in [1.807, 2.05) is 48.3 Å². The molecule has 1 N–H and O–H groups in total. The minimum Gasteiger partial charge on any atom is -0.261 e. The summed E-state index contributed by atoms with van der Waals surface area (Å²) in [6.45, 7) is 1.89. The molecule has 0 fully saturated rings. The van der Waals surface area contributed by atoms with Crippen LogP contribution in [0.5, 0.6) is 0 Å². The van der Waals surface area contributed by atoms with Gasteiger partial charge in [-0.05, 0) is 12.5 Å². The van der Waals surface area contributed by atoms with Crippen LogP contribution in [0.15, 0.2) is 65.8 Å². The number of nitrogens with one attached hydrogen (secondary N) is 1. The number of benzene rings is 2. The van der Waals surface area contributed by atoms with Gasteiger partial charge in [-0.25, -0.2) is 5.01 Å². The van der Waals surface area contributed by atoms with E-state index < -0.39 is 0 Å². The van der Waals surface area contributed by atoms with Crippen LogP contribution in [0, 0.1) is 6.92 Å². The van der Waals surface area contributed by atoms with Crippen molar-refractivity contribution in [2.24, 2.45) is 5.10 Å². The number of aromatic nitrogens is 3. The maximum Gasteiger partial charge on any atom is 0.266 e. The number of hydrazone groups is 1. The second-order valence-electron chi connectivity index (χ2n) is 5.22. The van der Waals surface area contributed by atoms with Crippen LogP contribution in [0.4, 0.5) is 5.95 Å². The molecule has 5 nitrogen and oxygen atoms in total. The quantitative estimate of drug-likeness (QED) is 0.798. The molecule has 2 aromatic carbocycles. The molecule has 0 saturated heterocycles. The highest BCUT2D eigenvalue weighted by molar-refractivity contribution is 8.15. The fraction of sp³-hybridized carbons (Fsp3) is 0.118. The molecule has 1 aromatic heterocycles. The highest BCUT2D eigenvalue weighted by Crippen LogP contribution is 2.42. The van der Waals surface area contributed by atoms with Gasteiger partial charge < -0.3 is 0 Å². The number of aromatic amines is 1. The summed E-state index contributed by atoms with van der Waals surface area (Å²) in [5.74, 6) is 1.37. The Morgan fingerprint density at radius 1 is 1.00 bits per heavy atom. The van der Waals surface area contributed by atoms with E-state index in [-0.39, 0.29) is 5.37 Å². The molecule has 0 spiro atoms. The Kier molecular flexibility index (Phi) is 3.59. The van der Waals surface area contributed by atoms with Crippen LogP contribution in [-0.2, 0) is 0 Å². The van der Waals surface area contributed by atoms with Gasteiger partial charge in [0.1, 0.15) is 16.2 Å². The second-order valence-corrected chi connectivity index (χ2v) is 6.29. The number of hydrogen-bond acceptors (Lipinski definition) is 5. The zero-order chi connectivity index (χ0) is 15.6. The van der Waals surface area contributed by atoms with Crippen molar-refractivity contribution in [1.82, 2.24) is 15.2 Å². The first-order valence-electron chi connectivity index (χ1n) is 7.35. The zero-order valence-electron chi connectivity index (χ0n) is 12.5. The molecule has 4 rings (SSSR count). The zero-order valence-corrected chi connectivity index (χ0v) is 13.4. The van der Waals surface area contributed by atoms with Crippen molar-refractivity contribution in [1.29, 1.82) is 0 Å². The van der Waals surface area contributed by atoms with Gasteiger partial charge in [0.05, 0.1) is 0 Å². The van der Waals surface area contributed by atoms with Crippen LogP contribution < -0.4 is 5.01 Å². The average molecular weight is 321 g/mol. The van der Waals surface area contributed by atoms with Gasteiger partial charge in [-0.1, -0.05) is 72.4 Å². The van der Waals surface area contributed by atoms with E-state index in [9.17, 15) is 0 Å². The number of nitrogens with zero attached hydrogens (tertiary/aromatic N) is 4. The molecule has 0 radical (unpaired) electrons. The van der Waals surface area contributed by atoms with Gasteiger partial charge in [-0.15, -0.1) is 5.10 Å². The molecule has 1 aliphatic heterocycles. The largest absolute Gasteiger partial charge is 0.266 e. The van der Waals surface area contributed by atoms with Crippen LogP contribution in [0.1, 0.15) is 22.3 Å². The van der Waals surface area contributed by atoms with Crippen molar-refractivity contribution < 1.29 is 0 Å². The third-order valence-electron chi connectivity index (χ3n) is 3.54. The van der Waals surface area contributed by atoms with Gasteiger partial charge in [-0.3, -0.25) is 5.10 Å². The second kappa shape index (κ2) is 5.89. The average Bonchev–Trinajstić information content (AvgIpc) is 3.23. The molecule has 1 unspecified atom stereocenters. The Morgan fingerprint density at radius 3 is 2.35 bits per heavy atom. The smallest absolute Gasteiger partial charge is 0.261 e. The molecule has 0 amide bonds. The summed E-state index contributed by atoms with van der Waals surface area (Å²) < 4.78 is 0. The first-order chi connectivity index (χ1) is 11.3. The van der Waals surface area contributed by atoms with E-state index >= 15 is 0 Å². The van der Waals surface area contributed by atoms with E-state index in [0.717, 1.165) is 16.4 Å². The van der Waals surface area contributed by atoms with Crippen molar-refractivity contribution in [3.63, 3.8) is 0 Å². The fourth-order valence-corrected chi connectivity index (χ4v) is 3.60. The summed E-state index contributed by atoms with van der Waals surface area (Å²) in [4.78, 5) is 4.44. The molecule has 0 saturated carbocycles. The standard InChI is InChI=1S/C17H15N5S/c1-12-18-17(20-19-12)22-16(14-10-6-3-7-11-14)23-15(21-22)13-8-4-2-5-9-13/h2-11,16H,1H3,(H,18,19,20). The fourth-order valence-electron chi connectivity index (χ4n) is 2.45. The molecule has 0 bridgehead atoms. The number of rotatable bonds is 3. The molecule has 1 aliphatic rings. The maximum absolute atomic E-state index is 4.77. The maximum atomic E-state index is 4.77. The van der Waals surface area contributed by atoms with Crippen molar-refractivity contribution in [2.75, 3.05) is 5.01 Å². The van der Waals surface area contributed by atoms with Gasteiger partial charge in [0, 0.05) is 5.56 Å². The van der Waals surface area contributed by atoms with Crippen LogP contribution in [-0.4, -0.2) is 20.2 Å². The van der Waals surface area contributed by atoms with E-state index in [2.05, 4.69) is 39.4 Å². The van der Waals surface area contributed by atoms with E-state index in [1.54, 1.807) is 11.8 Å². The Labute approximate surface area is 138 Å². The molecule has 3 aromatic rings. The van der Waals surface area contributed by atoms with E-state index in [1.165, 1.54) is 5.56 Å². The Hall–Kier alpha value is -2.60. The Bertz CT molecular complexity index is 828. The molecule has 114 valence electrons. The molecule has 2 heterocycles. The normalized spacial score (nSPS) is 17.3. The summed E-state index contributed by atoms with van der Waals surface area (Å²) in [7, 11) is 0. The molecular formula is C17H15N5S. The summed E-state index contributed by atoms with van der Waals surface area (Å²) in [5.41, 5.74) is 2.28. The highest BCUT2D eigenvalue weighted by Gasteiger charge is 2.32. The van der Waals surface area contributed by atoms with Crippen LogP contribution >= 0.6 is 11.8 Å². The molecule has 1 atom stereocenters. The number of H-pyrrole nitrogens is 1. The van der Waals surface area contributed by atoms with Gasteiger partial charge in [0.15, 0.2) is 0 Å². The topological polar surface area (TPSA) is 57.2 Å². The van der Waals surface area contributed by atoms with Crippen molar-refractivity contribution in [3.05, 3.63) is 77.6 Å².